The van der Waals surface area contributed by atoms with Crippen LogP contribution in [0.3, 0.4) is 0 Å². The maximum Gasteiger partial charge on any atom is 0.275 e. The van der Waals surface area contributed by atoms with Gasteiger partial charge in [-0.2, -0.15) is 0 Å². The van der Waals surface area contributed by atoms with Crippen LogP contribution in [0.5, 0.6) is 0 Å². The van der Waals surface area contributed by atoms with Gasteiger partial charge in [0.05, 0.1) is 0 Å². The van der Waals surface area contributed by atoms with E-state index in [1.54, 1.807) is 18.5 Å². The minimum absolute atomic E-state index is 0.127. The van der Waals surface area contributed by atoms with E-state index < -0.39 is 0 Å². The monoisotopic (exact) mass is 229 g/mol. The van der Waals surface area contributed by atoms with Crippen LogP contribution < -0.4 is 5.32 Å². The Morgan fingerprint density at radius 1 is 1.35 bits per heavy atom. The van der Waals surface area contributed by atoms with Gasteiger partial charge in [-0.25, -0.2) is 4.99 Å². The van der Waals surface area contributed by atoms with Crippen LogP contribution in [0.4, 0.5) is 0 Å². The van der Waals surface area contributed by atoms with E-state index in [9.17, 15) is 4.79 Å². The number of aliphatic imine (C=N–C) groups is 1. The molecule has 0 fully saturated rings. The maximum absolute atomic E-state index is 11.7. The lowest BCUT2D eigenvalue weighted by Gasteiger charge is -2.02. The van der Waals surface area contributed by atoms with Crippen LogP contribution in [0, 0.1) is 5.92 Å². The molecule has 0 bridgehead atoms. The predicted molar refractivity (Wildman–Crippen MR) is 67.2 cm³/mol. The van der Waals surface area contributed by atoms with Crippen molar-refractivity contribution in [3.63, 3.8) is 0 Å². The molecule has 0 atom stereocenters. The number of hydrogen-bond donors (Lipinski definition) is 1. The lowest BCUT2D eigenvalue weighted by atomic mass is 10.1. The van der Waals surface area contributed by atoms with Crippen LogP contribution in [0.2, 0.25) is 0 Å². The standard InChI is InChI=1S/C13H15N3O/c1-9(2)7-12-15-11(13(17)16-12)8-10-3-5-14-6-4-10/h3-6,8-9H,7H2,1-2H3,(H,15,16,17)/b11-8+. The van der Waals surface area contributed by atoms with Crippen LogP contribution in [-0.4, -0.2) is 16.7 Å². The van der Waals surface area contributed by atoms with Gasteiger partial charge in [0.25, 0.3) is 5.91 Å². The van der Waals surface area contributed by atoms with Crippen molar-refractivity contribution in [3.8, 4) is 0 Å². The quantitative estimate of drug-likeness (QED) is 0.806. The van der Waals surface area contributed by atoms with Crippen molar-refractivity contribution in [3.05, 3.63) is 35.8 Å². The average molecular weight is 229 g/mol. The molecule has 0 saturated heterocycles. The van der Waals surface area contributed by atoms with E-state index in [2.05, 4.69) is 29.1 Å². The molecule has 0 saturated carbocycles. The van der Waals surface area contributed by atoms with Gasteiger partial charge in [0, 0.05) is 18.8 Å². The summed E-state index contributed by atoms with van der Waals surface area (Å²) in [5.74, 6) is 1.11. The molecule has 0 spiro atoms. The number of hydrogen-bond acceptors (Lipinski definition) is 3. The molecule has 0 aliphatic carbocycles. The highest BCUT2D eigenvalue weighted by atomic mass is 16.2. The number of rotatable bonds is 3. The first-order valence-corrected chi connectivity index (χ1v) is 5.66. The number of carbonyl (C=O) groups excluding carboxylic acids is 1. The fourth-order valence-electron chi connectivity index (χ4n) is 1.62. The summed E-state index contributed by atoms with van der Waals surface area (Å²) in [6.45, 7) is 4.19. The second kappa shape index (κ2) is 4.91. The van der Waals surface area contributed by atoms with Crippen molar-refractivity contribution in [2.24, 2.45) is 10.9 Å². The predicted octanol–water partition coefficient (Wildman–Crippen LogP) is 2.00. The van der Waals surface area contributed by atoms with E-state index in [-0.39, 0.29) is 5.91 Å². The molecule has 0 aromatic carbocycles. The van der Waals surface area contributed by atoms with Crippen LogP contribution in [0.25, 0.3) is 6.08 Å². The topological polar surface area (TPSA) is 54.4 Å². The summed E-state index contributed by atoms with van der Waals surface area (Å²) < 4.78 is 0. The van der Waals surface area contributed by atoms with Gasteiger partial charge in [-0.3, -0.25) is 9.78 Å². The molecule has 4 nitrogen and oxygen atoms in total. The molecular weight excluding hydrogens is 214 g/mol. The Bertz CT molecular complexity index is 475. The lowest BCUT2D eigenvalue weighted by Crippen LogP contribution is -2.24. The van der Waals surface area contributed by atoms with Gasteiger partial charge < -0.3 is 5.32 Å². The van der Waals surface area contributed by atoms with Crippen molar-refractivity contribution >= 4 is 17.8 Å². The van der Waals surface area contributed by atoms with E-state index in [0.29, 0.717) is 11.6 Å². The van der Waals surface area contributed by atoms with E-state index in [1.165, 1.54) is 0 Å². The fourth-order valence-corrected chi connectivity index (χ4v) is 1.62. The third-order valence-corrected chi connectivity index (χ3v) is 2.36. The molecule has 1 aromatic rings. The Morgan fingerprint density at radius 3 is 2.71 bits per heavy atom. The summed E-state index contributed by atoms with van der Waals surface area (Å²) in [6.07, 6.45) is 5.94. The van der Waals surface area contributed by atoms with Gasteiger partial charge >= 0.3 is 0 Å². The highest BCUT2D eigenvalue weighted by Gasteiger charge is 2.20. The largest absolute Gasteiger partial charge is 0.309 e. The zero-order valence-corrected chi connectivity index (χ0v) is 9.97. The first-order valence-electron chi connectivity index (χ1n) is 5.66. The molecule has 1 aliphatic rings. The number of pyridine rings is 1. The highest BCUT2D eigenvalue weighted by Crippen LogP contribution is 2.14. The molecule has 1 aliphatic heterocycles. The maximum atomic E-state index is 11.7. The van der Waals surface area contributed by atoms with Crippen molar-refractivity contribution in [2.45, 2.75) is 20.3 Å². The minimum Gasteiger partial charge on any atom is -0.309 e. The summed E-state index contributed by atoms with van der Waals surface area (Å²) in [4.78, 5) is 19.9. The van der Waals surface area contributed by atoms with Crippen molar-refractivity contribution in [2.75, 3.05) is 0 Å². The molecule has 0 radical (unpaired) electrons. The molecule has 1 amide bonds. The molecular formula is C13H15N3O. The van der Waals surface area contributed by atoms with Gasteiger partial charge in [-0.15, -0.1) is 0 Å². The number of aromatic nitrogens is 1. The Kier molecular flexibility index (Phi) is 3.32. The number of nitrogens with zero attached hydrogens (tertiary/aromatic N) is 2. The molecule has 4 heteroatoms. The minimum atomic E-state index is -0.127. The second-order valence-corrected chi connectivity index (χ2v) is 4.42. The number of nitrogens with one attached hydrogen (secondary N) is 1. The van der Waals surface area contributed by atoms with Crippen LogP contribution >= 0.6 is 0 Å². The highest BCUT2D eigenvalue weighted by molar-refractivity contribution is 6.14. The molecule has 1 N–H and O–H groups in total. The van der Waals surface area contributed by atoms with Crippen LogP contribution in [0.1, 0.15) is 25.8 Å². The Balaban J connectivity index is 2.19. The summed E-state index contributed by atoms with van der Waals surface area (Å²) in [6, 6.07) is 3.69. The van der Waals surface area contributed by atoms with Crippen LogP contribution in [-0.2, 0) is 4.79 Å². The summed E-state index contributed by atoms with van der Waals surface area (Å²) in [5, 5.41) is 2.78. The fraction of sp³-hybridized carbons (Fsp3) is 0.308. The van der Waals surface area contributed by atoms with Gasteiger partial charge in [-0.05, 0) is 29.7 Å². The van der Waals surface area contributed by atoms with Gasteiger partial charge in [0.15, 0.2) is 0 Å². The summed E-state index contributed by atoms with van der Waals surface area (Å²) >= 11 is 0. The molecule has 2 heterocycles. The molecule has 1 aromatic heterocycles. The third kappa shape index (κ3) is 3.00. The zero-order valence-electron chi connectivity index (χ0n) is 9.97. The SMILES string of the molecule is CC(C)CC1=N/C(=C/c2ccncc2)C(=O)N1. The molecule has 17 heavy (non-hydrogen) atoms. The van der Waals surface area contributed by atoms with Crippen molar-refractivity contribution in [1.29, 1.82) is 0 Å². The normalized spacial score (nSPS) is 17.5. The van der Waals surface area contributed by atoms with Crippen LogP contribution in [0.15, 0.2) is 35.2 Å². The summed E-state index contributed by atoms with van der Waals surface area (Å²) in [5.41, 5.74) is 1.39. The summed E-state index contributed by atoms with van der Waals surface area (Å²) in [7, 11) is 0. The second-order valence-electron chi connectivity index (χ2n) is 4.42. The Morgan fingerprint density at radius 2 is 2.06 bits per heavy atom. The third-order valence-electron chi connectivity index (χ3n) is 2.36. The van der Waals surface area contributed by atoms with E-state index >= 15 is 0 Å². The molecule has 88 valence electrons. The number of amidine groups is 1. The van der Waals surface area contributed by atoms with Crippen molar-refractivity contribution in [1.82, 2.24) is 10.3 Å². The van der Waals surface area contributed by atoms with E-state index in [1.807, 2.05) is 12.1 Å². The molecule has 2 rings (SSSR count). The van der Waals surface area contributed by atoms with Gasteiger partial charge in [0.1, 0.15) is 11.5 Å². The smallest absolute Gasteiger partial charge is 0.275 e. The Labute approximate surface area is 100 Å². The molecule has 0 unspecified atom stereocenters. The van der Waals surface area contributed by atoms with Crippen molar-refractivity contribution < 1.29 is 4.79 Å². The number of carbonyl (C=O) groups is 1. The number of amides is 1. The first-order chi connectivity index (χ1) is 8.15. The first kappa shape index (κ1) is 11.5. The lowest BCUT2D eigenvalue weighted by molar-refractivity contribution is -0.115. The van der Waals surface area contributed by atoms with E-state index in [4.69, 9.17) is 0 Å². The Hall–Kier alpha value is -1.97. The van der Waals surface area contributed by atoms with Gasteiger partial charge in [-0.1, -0.05) is 13.8 Å². The zero-order chi connectivity index (χ0) is 12.3. The van der Waals surface area contributed by atoms with E-state index in [0.717, 1.165) is 17.8 Å². The van der Waals surface area contributed by atoms with Gasteiger partial charge in [0.2, 0.25) is 0 Å². The average Bonchev–Trinajstić information content (AvgIpc) is 2.59.